The number of carbonyl (C=O) groups excluding carboxylic acids is 4. The molecule has 590 valence electrons. The van der Waals surface area contributed by atoms with Gasteiger partial charge < -0.3 is 33.8 Å². The van der Waals surface area contributed by atoms with Crippen LogP contribution in [0.15, 0.2) is 170 Å². The van der Waals surface area contributed by atoms with E-state index in [0.29, 0.717) is 38.5 Å². The molecule has 19 heteroatoms. The van der Waals surface area contributed by atoms with Crippen molar-refractivity contribution in [2.24, 2.45) is 0 Å². The number of aliphatic hydroxyl groups excluding tert-OH is 1. The second-order valence-electron chi connectivity index (χ2n) is 25.5. The summed E-state index contributed by atoms with van der Waals surface area (Å²) in [6.07, 6.45) is 89.3. The molecule has 0 saturated heterocycles. The molecule has 5 unspecified atom stereocenters. The zero-order chi connectivity index (χ0) is 76.0. The van der Waals surface area contributed by atoms with Crippen molar-refractivity contribution in [1.29, 1.82) is 0 Å². The molecule has 0 saturated carbocycles. The van der Waals surface area contributed by atoms with Gasteiger partial charge in [0.1, 0.15) is 19.3 Å². The smallest absolute Gasteiger partial charge is 0.462 e. The van der Waals surface area contributed by atoms with Gasteiger partial charge >= 0.3 is 39.5 Å². The van der Waals surface area contributed by atoms with Crippen LogP contribution in [0.4, 0.5) is 0 Å². The zero-order valence-corrected chi connectivity index (χ0v) is 66.2. The molecular formula is C85H138O17P2. The number of phosphoric acid groups is 2. The lowest BCUT2D eigenvalue weighted by atomic mass is 10.1. The maximum Gasteiger partial charge on any atom is 0.472 e. The normalized spacial score (nSPS) is 14.8. The van der Waals surface area contributed by atoms with E-state index in [1.165, 1.54) is 38.5 Å². The third kappa shape index (κ3) is 74.7. The number of unbranched alkanes of at least 4 members (excludes halogenated alkanes) is 18. The predicted molar refractivity (Wildman–Crippen MR) is 426 cm³/mol. The fourth-order valence-electron chi connectivity index (χ4n) is 9.81. The van der Waals surface area contributed by atoms with Gasteiger partial charge in [0.15, 0.2) is 12.2 Å². The average molecular weight is 1490 g/mol. The molecule has 104 heavy (non-hydrogen) atoms. The summed E-state index contributed by atoms with van der Waals surface area (Å²) in [5.41, 5.74) is 0. The Hall–Kier alpha value is -5.58. The fourth-order valence-corrected chi connectivity index (χ4v) is 11.4. The van der Waals surface area contributed by atoms with Crippen molar-refractivity contribution in [2.45, 2.75) is 303 Å². The van der Waals surface area contributed by atoms with Crippen LogP contribution in [-0.2, 0) is 65.4 Å². The van der Waals surface area contributed by atoms with E-state index in [1.54, 1.807) is 0 Å². The molecule has 17 nitrogen and oxygen atoms in total. The first-order chi connectivity index (χ1) is 50.7. The van der Waals surface area contributed by atoms with Crippen LogP contribution in [0.1, 0.15) is 285 Å². The number of aliphatic hydroxyl groups is 1. The number of allylic oxidation sites excluding steroid dienone is 28. The third-order valence-corrected chi connectivity index (χ3v) is 17.6. The van der Waals surface area contributed by atoms with Crippen molar-refractivity contribution < 1.29 is 80.2 Å². The lowest BCUT2D eigenvalue weighted by Gasteiger charge is -2.21. The number of rotatable bonds is 72. The lowest BCUT2D eigenvalue weighted by molar-refractivity contribution is -0.161. The Morgan fingerprint density at radius 2 is 0.510 bits per heavy atom. The van der Waals surface area contributed by atoms with Gasteiger partial charge in [0.2, 0.25) is 0 Å². The topological polar surface area (TPSA) is 237 Å². The van der Waals surface area contributed by atoms with Gasteiger partial charge in [0.05, 0.1) is 26.4 Å². The van der Waals surface area contributed by atoms with Crippen LogP contribution < -0.4 is 0 Å². The molecule has 0 bridgehead atoms. The van der Waals surface area contributed by atoms with Crippen molar-refractivity contribution >= 4 is 39.5 Å². The highest BCUT2D eigenvalue weighted by Gasteiger charge is 2.30. The summed E-state index contributed by atoms with van der Waals surface area (Å²) >= 11 is 0. The minimum atomic E-state index is -5.01. The molecule has 0 aliphatic carbocycles. The first-order valence-corrected chi connectivity index (χ1v) is 42.4. The van der Waals surface area contributed by atoms with Crippen molar-refractivity contribution in [1.82, 2.24) is 0 Å². The molecule has 3 N–H and O–H groups in total. The van der Waals surface area contributed by atoms with Crippen molar-refractivity contribution in [3.8, 4) is 0 Å². The minimum absolute atomic E-state index is 0.00626. The zero-order valence-electron chi connectivity index (χ0n) is 64.4. The van der Waals surface area contributed by atoms with E-state index in [0.717, 1.165) is 154 Å². The highest BCUT2D eigenvalue weighted by atomic mass is 31.2. The molecule has 0 radical (unpaired) electrons. The lowest BCUT2D eigenvalue weighted by Crippen LogP contribution is -2.30. The summed E-state index contributed by atoms with van der Waals surface area (Å²) in [4.78, 5) is 72.9. The van der Waals surface area contributed by atoms with Gasteiger partial charge in [-0.25, -0.2) is 9.13 Å². The Morgan fingerprint density at radius 3 is 0.817 bits per heavy atom. The number of ether oxygens (including phenoxy) is 4. The van der Waals surface area contributed by atoms with Crippen LogP contribution in [0.2, 0.25) is 0 Å². The number of carbonyl (C=O) groups is 4. The fraction of sp³-hybridized carbons (Fsp3) is 0.624. The largest absolute Gasteiger partial charge is 0.472 e. The van der Waals surface area contributed by atoms with Crippen molar-refractivity contribution in [2.75, 3.05) is 39.6 Å². The second kappa shape index (κ2) is 75.6. The highest BCUT2D eigenvalue weighted by molar-refractivity contribution is 7.47. The molecule has 0 rings (SSSR count). The summed E-state index contributed by atoms with van der Waals surface area (Å²) in [6, 6.07) is 0. The second-order valence-corrected chi connectivity index (χ2v) is 28.4. The summed E-state index contributed by atoms with van der Waals surface area (Å²) in [5, 5.41) is 10.6. The standard InChI is InChI=1S/C85H138O17P2/c1-5-9-13-17-21-25-29-32-35-38-39-42-44-47-51-54-58-62-66-70-83(88)96-76-81(102-85(90)72-68-64-60-56-52-48-45-41-37-34-31-27-23-19-15-11-7-3)78-100-104(93,94)98-74-79(86)73-97-103(91,92)99-77-80(101-84(89)71-67-63-59-55-49-28-24-20-16-12-8-4)75-95-82(87)69-65-61-57-53-50-46-43-40-36-33-30-26-22-18-14-10-6-2/h9-11,13-15,21-23,25-27,32-37,39,42-43,45-46,48,53,56-57,60,79-81,86H,5-8,12,16-20,24,28-31,38,40-41,44,47,49-52,54-55,58-59,61-78H2,1-4H3,(H,91,92)(H,93,94)/b13-9-,14-10-,15-11-,25-21-,26-22-,27-23-,35-32-,36-33-,37-34-,42-39-,46-43-,48-45-,57-53-,60-56-. The van der Waals surface area contributed by atoms with Gasteiger partial charge in [-0.3, -0.25) is 37.3 Å². The molecule has 0 aromatic carbocycles. The summed E-state index contributed by atoms with van der Waals surface area (Å²) in [7, 11) is -10.0. The maximum absolute atomic E-state index is 13.1. The molecule has 0 aromatic heterocycles. The monoisotopic (exact) mass is 1490 g/mol. The highest BCUT2D eigenvalue weighted by Crippen LogP contribution is 2.45. The van der Waals surface area contributed by atoms with Crippen molar-refractivity contribution in [3.05, 3.63) is 170 Å². The quantitative estimate of drug-likeness (QED) is 0.0169. The molecule has 0 aliphatic rings. The van der Waals surface area contributed by atoms with Crippen LogP contribution in [0.5, 0.6) is 0 Å². The van der Waals surface area contributed by atoms with E-state index in [9.17, 15) is 43.2 Å². The Balaban J connectivity index is 5.45. The molecule has 0 fully saturated rings. The van der Waals surface area contributed by atoms with Gasteiger partial charge in [-0.1, -0.05) is 288 Å². The summed E-state index contributed by atoms with van der Waals surface area (Å²) in [5.74, 6) is -2.34. The Morgan fingerprint density at radius 1 is 0.279 bits per heavy atom. The number of phosphoric ester groups is 2. The molecule has 0 aromatic rings. The number of esters is 4. The van der Waals surface area contributed by atoms with Crippen LogP contribution in [0, 0.1) is 0 Å². The predicted octanol–water partition coefficient (Wildman–Crippen LogP) is 23.0. The maximum atomic E-state index is 13.1. The third-order valence-electron chi connectivity index (χ3n) is 15.7. The van der Waals surface area contributed by atoms with Gasteiger partial charge in [-0.05, 0) is 141 Å². The van der Waals surface area contributed by atoms with Gasteiger partial charge in [0.25, 0.3) is 0 Å². The van der Waals surface area contributed by atoms with Gasteiger partial charge in [0, 0.05) is 25.7 Å². The summed E-state index contributed by atoms with van der Waals surface area (Å²) in [6.45, 7) is 4.36. The molecule has 0 heterocycles. The molecular weight excluding hydrogens is 1350 g/mol. The van der Waals surface area contributed by atoms with Crippen molar-refractivity contribution in [3.63, 3.8) is 0 Å². The molecule has 0 aliphatic heterocycles. The Kier molecular flexibility index (Phi) is 71.6. The molecule has 5 atom stereocenters. The van der Waals surface area contributed by atoms with E-state index in [4.69, 9.17) is 37.0 Å². The molecule has 0 spiro atoms. The number of hydrogen-bond donors (Lipinski definition) is 3. The number of hydrogen-bond acceptors (Lipinski definition) is 15. The van der Waals surface area contributed by atoms with E-state index in [2.05, 4.69) is 174 Å². The van der Waals surface area contributed by atoms with E-state index in [1.807, 2.05) is 24.3 Å². The van der Waals surface area contributed by atoms with Crippen LogP contribution in [-0.4, -0.2) is 96.7 Å². The Bertz CT molecular complexity index is 2640. The summed E-state index contributed by atoms with van der Waals surface area (Å²) < 4.78 is 68.4. The SMILES string of the molecule is CC/C=C\C/C=C\C/C=C\C/C=C\C/C=C\CCCC(=O)OCC(COP(=O)(O)OCC(O)COP(=O)(O)OCC(COC(=O)CCCCCCCC/C=C\C/C=C\C/C=C\C/C=C\CC)OC(=O)CCC/C=C\C/C=C\C/C=C\C/C=C\C/C=C\CC)OC(=O)CCCCCCCCCCCCC. The van der Waals surface area contributed by atoms with Crippen LogP contribution in [0.25, 0.3) is 0 Å². The average Bonchev–Trinajstić information content (AvgIpc) is 0.906. The van der Waals surface area contributed by atoms with E-state index >= 15 is 0 Å². The van der Waals surface area contributed by atoms with E-state index < -0.39 is 97.5 Å². The molecule has 0 amide bonds. The first kappa shape index (κ1) is 98.4. The minimum Gasteiger partial charge on any atom is -0.462 e. The van der Waals surface area contributed by atoms with Crippen LogP contribution in [0.3, 0.4) is 0 Å². The first-order valence-electron chi connectivity index (χ1n) is 39.4. The van der Waals surface area contributed by atoms with Gasteiger partial charge in [-0.15, -0.1) is 0 Å². The Labute approximate surface area is 629 Å². The van der Waals surface area contributed by atoms with Crippen LogP contribution >= 0.6 is 15.6 Å². The van der Waals surface area contributed by atoms with E-state index in [-0.39, 0.29) is 25.7 Å². The van der Waals surface area contributed by atoms with Gasteiger partial charge in [-0.2, -0.15) is 0 Å².